The molecule has 0 saturated heterocycles. The number of hydrogen-bond donors (Lipinski definition) is 2. The summed E-state index contributed by atoms with van der Waals surface area (Å²) in [5.74, 6) is -0.221. The van der Waals surface area contributed by atoms with Crippen molar-refractivity contribution in [1.29, 1.82) is 0 Å². The van der Waals surface area contributed by atoms with E-state index in [1.807, 2.05) is 6.92 Å². The summed E-state index contributed by atoms with van der Waals surface area (Å²) >= 11 is 0. The summed E-state index contributed by atoms with van der Waals surface area (Å²) < 4.78 is 0. The fraction of sp³-hybridized carbons (Fsp3) is 0.364. The molecule has 0 fully saturated rings. The van der Waals surface area contributed by atoms with Gasteiger partial charge in [0.25, 0.3) is 0 Å². The molecule has 3 heteroatoms. The number of aryl methyl sites for hydroxylation is 1. The van der Waals surface area contributed by atoms with Gasteiger partial charge in [-0.05, 0) is 18.1 Å². The molecule has 0 saturated carbocycles. The van der Waals surface area contributed by atoms with Gasteiger partial charge in [0, 0.05) is 12.5 Å². The lowest BCUT2D eigenvalue weighted by Gasteiger charge is -2.07. The van der Waals surface area contributed by atoms with E-state index >= 15 is 0 Å². The SMILES string of the molecule is CCC(=O)c1cc(CC)c(O)cc1O. The van der Waals surface area contributed by atoms with Crippen LogP contribution in [0.25, 0.3) is 0 Å². The molecular weight excluding hydrogens is 180 g/mol. The van der Waals surface area contributed by atoms with Crippen LogP contribution in [0.4, 0.5) is 0 Å². The second-order valence-corrected chi connectivity index (χ2v) is 3.13. The highest BCUT2D eigenvalue weighted by molar-refractivity contribution is 5.98. The maximum absolute atomic E-state index is 11.4. The minimum absolute atomic E-state index is 0.0395. The number of Topliss-reactive ketones (excluding diaryl/α,β-unsaturated/α-hetero) is 1. The first-order valence-electron chi connectivity index (χ1n) is 4.68. The van der Waals surface area contributed by atoms with E-state index in [4.69, 9.17) is 0 Å². The van der Waals surface area contributed by atoms with Gasteiger partial charge < -0.3 is 10.2 Å². The normalized spacial score (nSPS) is 10.1. The van der Waals surface area contributed by atoms with Crippen molar-refractivity contribution in [3.63, 3.8) is 0 Å². The van der Waals surface area contributed by atoms with Gasteiger partial charge in [-0.25, -0.2) is 0 Å². The monoisotopic (exact) mass is 194 g/mol. The molecule has 0 aliphatic carbocycles. The van der Waals surface area contributed by atoms with Gasteiger partial charge in [-0.2, -0.15) is 0 Å². The van der Waals surface area contributed by atoms with E-state index < -0.39 is 0 Å². The molecule has 0 bridgehead atoms. The summed E-state index contributed by atoms with van der Waals surface area (Å²) in [5.41, 5.74) is 0.974. The number of phenols is 2. The number of phenolic OH excluding ortho intramolecular Hbond substituents is 2. The van der Waals surface area contributed by atoms with Crippen LogP contribution in [0.2, 0.25) is 0 Å². The van der Waals surface area contributed by atoms with Crippen LogP contribution < -0.4 is 0 Å². The third-order valence-electron chi connectivity index (χ3n) is 2.20. The molecule has 0 aliphatic heterocycles. The third-order valence-corrected chi connectivity index (χ3v) is 2.20. The van der Waals surface area contributed by atoms with E-state index in [2.05, 4.69) is 0 Å². The lowest BCUT2D eigenvalue weighted by Crippen LogP contribution is -1.98. The summed E-state index contributed by atoms with van der Waals surface area (Å²) in [5, 5.41) is 18.8. The maximum atomic E-state index is 11.4. The average Bonchev–Trinajstić information content (AvgIpc) is 2.17. The van der Waals surface area contributed by atoms with E-state index in [1.54, 1.807) is 13.0 Å². The highest BCUT2D eigenvalue weighted by Crippen LogP contribution is 2.28. The molecule has 0 amide bonds. The molecule has 76 valence electrons. The predicted octanol–water partition coefficient (Wildman–Crippen LogP) is 2.25. The second-order valence-electron chi connectivity index (χ2n) is 3.13. The lowest BCUT2D eigenvalue weighted by atomic mass is 10.0. The zero-order chi connectivity index (χ0) is 10.7. The quantitative estimate of drug-likeness (QED) is 0.725. The highest BCUT2D eigenvalue weighted by atomic mass is 16.3. The first-order valence-corrected chi connectivity index (χ1v) is 4.68. The van der Waals surface area contributed by atoms with Crippen molar-refractivity contribution in [2.45, 2.75) is 26.7 Å². The van der Waals surface area contributed by atoms with E-state index in [0.717, 1.165) is 0 Å². The number of carbonyl (C=O) groups is 1. The summed E-state index contributed by atoms with van der Waals surface area (Å²) in [6, 6.07) is 2.78. The van der Waals surface area contributed by atoms with E-state index in [0.29, 0.717) is 24.0 Å². The third kappa shape index (κ3) is 1.87. The summed E-state index contributed by atoms with van der Waals surface area (Å²) in [4.78, 5) is 11.4. The first kappa shape index (κ1) is 10.6. The topological polar surface area (TPSA) is 57.5 Å². The average molecular weight is 194 g/mol. The van der Waals surface area contributed by atoms with Gasteiger partial charge in [0.2, 0.25) is 0 Å². The van der Waals surface area contributed by atoms with E-state index in [9.17, 15) is 15.0 Å². The zero-order valence-electron chi connectivity index (χ0n) is 8.37. The number of benzene rings is 1. The van der Waals surface area contributed by atoms with Crippen LogP contribution in [0.5, 0.6) is 11.5 Å². The number of carbonyl (C=O) groups excluding carboxylic acids is 1. The van der Waals surface area contributed by atoms with Gasteiger partial charge in [0.15, 0.2) is 5.78 Å². The maximum Gasteiger partial charge on any atom is 0.166 e. The van der Waals surface area contributed by atoms with Crippen LogP contribution in [0.3, 0.4) is 0 Å². The fourth-order valence-corrected chi connectivity index (χ4v) is 1.32. The van der Waals surface area contributed by atoms with Gasteiger partial charge >= 0.3 is 0 Å². The Morgan fingerprint density at radius 1 is 1.21 bits per heavy atom. The van der Waals surface area contributed by atoms with Crippen LogP contribution in [-0.4, -0.2) is 16.0 Å². The standard InChI is InChI=1S/C11H14O3/c1-3-7-5-8(9(12)4-2)11(14)6-10(7)13/h5-6,13-14H,3-4H2,1-2H3. The fourth-order valence-electron chi connectivity index (χ4n) is 1.32. The van der Waals surface area contributed by atoms with Crippen molar-refractivity contribution in [2.24, 2.45) is 0 Å². The van der Waals surface area contributed by atoms with Crippen LogP contribution in [-0.2, 0) is 6.42 Å². The molecule has 0 aromatic heterocycles. The van der Waals surface area contributed by atoms with E-state index in [-0.39, 0.29) is 17.3 Å². The summed E-state index contributed by atoms with van der Waals surface area (Å²) in [6.45, 7) is 3.62. The Morgan fingerprint density at radius 3 is 2.36 bits per heavy atom. The number of hydrogen-bond acceptors (Lipinski definition) is 3. The Hall–Kier alpha value is -1.51. The summed E-state index contributed by atoms with van der Waals surface area (Å²) in [6.07, 6.45) is 0.984. The molecular formula is C11H14O3. The molecule has 0 heterocycles. The molecule has 0 radical (unpaired) electrons. The predicted molar refractivity (Wildman–Crippen MR) is 53.8 cm³/mol. The molecule has 1 aromatic rings. The van der Waals surface area contributed by atoms with Crippen molar-refractivity contribution in [3.8, 4) is 11.5 Å². The van der Waals surface area contributed by atoms with Gasteiger partial charge in [0.1, 0.15) is 11.5 Å². The Bertz CT molecular complexity index is 356. The molecule has 14 heavy (non-hydrogen) atoms. The Kier molecular flexibility index (Phi) is 3.12. The van der Waals surface area contributed by atoms with Crippen LogP contribution >= 0.6 is 0 Å². The smallest absolute Gasteiger partial charge is 0.166 e. The van der Waals surface area contributed by atoms with Crippen LogP contribution in [0.1, 0.15) is 36.2 Å². The molecule has 0 unspecified atom stereocenters. The van der Waals surface area contributed by atoms with Gasteiger partial charge in [-0.1, -0.05) is 13.8 Å². The summed E-state index contributed by atoms with van der Waals surface area (Å²) in [7, 11) is 0. The van der Waals surface area contributed by atoms with Crippen molar-refractivity contribution in [3.05, 3.63) is 23.3 Å². The van der Waals surface area contributed by atoms with Crippen molar-refractivity contribution in [1.82, 2.24) is 0 Å². The van der Waals surface area contributed by atoms with Crippen molar-refractivity contribution >= 4 is 5.78 Å². The molecule has 0 atom stereocenters. The Morgan fingerprint density at radius 2 is 1.86 bits per heavy atom. The number of ketones is 1. The molecule has 3 nitrogen and oxygen atoms in total. The first-order chi connectivity index (χ1) is 6.60. The Balaban J connectivity index is 3.24. The van der Waals surface area contributed by atoms with Gasteiger partial charge in [-0.15, -0.1) is 0 Å². The molecule has 1 rings (SSSR count). The molecule has 0 spiro atoms. The second kappa shape index (κ2) is 4.13. The molecule has 1 aromatic carbocycles. The largest absolute Gasteiger partial charge is 0.508 e. The zero-order valence-corrected chi connectivity index (χ0v) is 8.37. The Labute approximate surface area is 83.0 Å². The van der Waals surface area contributed by atoms with E-state index in [1.165, 1.54) is 6.07 Å². The van der Waals surface area contributed by atoms with Crippen LogP contribution in [0, 0.1) is 0 Å². The minimum Gasteiger partial charge on any atom is -0.508 e. The molecule has 0 aliphatic rings. The lowest BCUT2D eigenvalue weighted by molar-refractivity contribution is 0.0985. The number of aromatic hydroxyl groups is 2. The highest BCUT2D eigenvalue weighted by Gasteiger charge is 2.12. The van der Waals surface area contributed by atoms with Gasteiger partial charge in [0.05, 0.1) is 5.56 Å². The van der Waals surface area contributed by atoms with Crippen LogP contribution in [0.15, 0.2) is 12.1 Å². The van der Waals surface area contributed by atoms with Crippen molar-refractivity contribution < 1.29 is 15.0 Å². The molecule has 2 N–H and O–H groups in total. The minimum atomic E-state index is -0.147. The number of rotatable bonds is 3. The van der Waals surface area contributed by atoms with Gasteiger partial charge in [-0.3, -0.25) is 4.79 Å². The van der Waals surface area contributed by atoms with Crippen molar-refractivity contribution in [2.75, 3.05) is 0 Å².